The van der Waals surface area contributed by atoms with Gasteiger partial charge in [0.25, 0.3) is 0 Å². The lowest BCUT2D eigenvalue weighted by molar-refractivity contribution is 0.171. The van der Waals surface area contributed by atoms with Crippen molar-refractivity contribution in [3.8, 4) is 11.5 Å². The summed E-state index contributed by atoms with van der Waals surface area (Å²) < 4.78 is 11.9. The monoisotopic (exact) mass is 369 g/mol. The van der Waals surface area contributed by atoms with Gasteiger partial charge in [-0.2, -0.15) is 4.98 Å². The lowest BCUT2D eigenvalue weighted by Crippen LogP contribution is -2.15. The highest BCUT2D eigenvalue weighted by molar-refractivity contribution is 9.10. The Hall–Kier alpha value is -1.53. The van der Waals surface area contributed by atoms with Gasteiger partial charge in [-0.25, -0.2) is 4.98 Å². The van der Waals surface area contributed by atoms with E-state index in [1.165, 1.54) is 5.56 Å². The van der Waals surface area contributed by atoms with Crippen molar-refractivity contribution in [3.05, 3.63) is 39.7 Å². The number of benzene rings is 1. The minimum Gasteiger partial charge on any atom is -0.486 e. The van der Waals surface area contributed by atoms with Gasteiger partial charge >= 0.3 is 0 Å². The molecule has 1 aromatic carbocycles. The summed E-state index contributed by atoms with van der Waals surface area (Å²) in [4.78, 5) is 8.02. The van der Waals surface area contributed by atoms with E-state index in [2.05, 4.69) is 31.2 Å². The van der Waals surface area contributed by atoms with Crippen LogP contribution in [0.4, 0.5) is 5.82 Å². The van der Waals surface area contributed by atoms with Crippen molar-refractivity contribution in [2.45, 2.75) is 6.42 Å². The van der Waals surface area contributed by atoms with Gasteiger partial charge in [0.15, 0.2) is 11.5 Å². The number of nitrogens with one attached hydrogen (secondary N) is 1. The molecule has 0 radical (unpaired) electrons. The van der Waals surface area contributed by atoms with E-state index < -0.39 is 0 Å². The molecule has 7 heteroatoms. The number of aromatic nitrogens is 2. The fraction of sp³-hybridized carbons (Fsp3) is 0.286. The lowest BCUT2D eigenvalue weighted by atomic mass is 10.1. The molecule has 3 rings (SSSR count). The number of rotatable bonds is 4. The number of anilines is 1. The first-order valence-corrected chi connectivity index (χ1v) is 7.70. The Morgan fingerprint density at radius 2 is 2.05 bits per heavy atom. The van der Waals surface area contributed by atoms with Crippen LogP contribution in [0, 0.1) is 0 Å². The van der Waals surface area contributed by atoms with Crippen LogP contribution < -0.4 is 14.8 Å². The number of hydrogen-bond acceptors (Lipinski definition) is 5. The first kappa shape index (κ1) is 14.4. The van der Waals surface area contributed by atoms with Crippen LogP contribution in [-0.2, 0) is 6.42 Å². The zero-order valence-corrected chi connectivity index (χ0v) is 13.4. The number of halogens is 2. The highest BCUT2D eigenvalue weighted by Gasteiger charge is 2.11. The van der Waals surface area contributed by atoms with Crippen LogP contribution in [0.2, 0.25) is 5.28 Å². The van der Waals surface area contributed by atoms with Crippen LogP contribution in [0.15, 0.2) is 28.9 Å². The van der Waals surface area contributed by atoms with Crippen LogP contribution in [0.25, 0.3) is 0 Å². The summed E-state index contributed by atoms with van der Waals surface area (Å²) in [7, 11) is 0. The number of hydrogen-bond donors (Lipinski definition) is 1. The Morgan fingerprint density at radius 1 is 1.24 bits per heavy atom. The Morgan fingerprint density at radius 3 is 2.90 bits per heavy atom. The van der Waals surface area contributed by atoms with Gasteiger partial charge in [-0.1, -0.05) is 6.07 Å². The maximum Gasteiger partial charge on any atom is 0.224 e. The maximum atomic E-state index is 5.78. The first-order valence-electron chi connectivity index (χ1n) is 6.53. The van der Waals surface area contributed by atoms with Gasteiger partial charge in [0.2, 0.25) is 5.28 Å². The minimum absolute atomic E-state index is 0.222. The molecular formula is C14H13BrClN3O2. The fourth-order valence-corrected chi connectivity index (χ4v) is 2.50. The van der Waals surface area contributed by atoms with E-state index in [1.807, 2.05) is 18.2 Å². The topological polar surface area (TPSA) is 56.3 Å². The standard InChI is InChI=1S/C14H13BrClN3O2/c15-10-8-18-14(16)19-13(10)17-4-3-9-1-2-11-12(7-9)21-6-5-20-11/h1-2,7-8H,3-6H2,(H,17,18,19). The van der Waals surface area contributed by atoms with Gasteiger partial charge in [0.05, 0.1) is 4.47 Å². The molecule has 0 bridgehead atoms. The van der Waals surface area contributed by atoms with Crippen molar-refractivity contribution >= 4 is 33.3 Å². The molecule has 0 saturated heterocycles. The average Bonchev–Trinajstić information content (AvgIpc) is 2.50. The molecule has 0 unspecified atom stereocenters. The van der Waals surface area contributed by atoms with Crippen molar-refractivity contribution in [2.75, 3.05) is 25.1 Å². The summed E-state index contributed by atoms with van der Waals surface area (Å²) in [6, 6.07) is 6.00. The highest BCUT2D eigenvalue weighted by atomic mass is 79.9. The molecule has 0 atom stereocenters. The molecule has 0 amide bonds. The number of ether oxygens (including phenoxy) is 2. The zero-order valence-electron chi connectivity index (χ0n) is 11.1. The van der Waals surface area contributed by atoms with E-state index in [-0.39, 0.29) is 5.28 Å². The van der Waals surface area contributed by atoms with Crippen LogP contribution in [0.5, 0.6) is 11.5 Å². The molecular weight excluding hydrogens is 358 g/mol. The zero-order chi connectivity index (χ0) is 14.7. The fourth-order valence-electron chi connectivity index (χ4n) is 2.04. The SMILES string of the molecule is Clc1ncc(Br)c(NCCc2ccc3c(c2)OCCO3)n1. The normalized spacial score (nSPS) is 13.0. The summed E-state index contributed by atoms with van der Waals surface area (Å²) in [5.41, 5.74) is 1.17. The van der Waals surface area contributed by atoms with Crippen molar-refractivity contribution in [1.29, 1.82) is 0 Å². The lowest BCUT2D eigenvalue weighted by Gasteiger charge is -2.19. The highest BCUT2D eigenvalue weighted by Crippen LogP contribution is 2.30. The summed E-state index contributed by atoms with van der Waals surface area (Å²) >= 11 is 9.16. The number of fused-ring (bicyclic) bond motifs is 1. The van der Waals surface area contributed by atoms with E-state index in [1.54, 1.807) is 6.20 Å². The van der Waals surface area contributed by atoms with Gasteiger partial charge in [0.1, 0.15) is 19.0 Å². The van der Waals surface area contributed by atoms with Gasteiger partial charge < -0.3 is 14.8 Å². The summed E-state index contributed by atoms with van der Waals surface area (Å²) in [6.07, 6.45) is 2.46. The van der Waals surface area contributed by atoms with Gasteiger partial charge in [-0.15, -0.1) is 0 Å². The van der Waals surface area contributed by atoms with Crippen LogP contribution in [0.1, 0.15) is 5.56 Å². The van der Waals surface area contributed by atoms with Gasteiger partial charge in [-0.3, -0.25) is 0 Å². The van der Waals surface area contributed by atoms with Gasteiger partial charge in [-0.05, 0) is 51.6 Å². The summed E-state index contributed by atoms with van der Waals surface area (Å²) in [5.74, 6) is 2.31. The van der Waals surface area contributed by atoms with E-state index in [0.717, 1.165) is 28.9 Å². The second-order valence-electron chi connectivity index (χ2n) is 4.49. The third-order valence-electron chi connectivity index (χ3n) is 3.03. The first-order chi connectivity index (χ1) is 10.2. The molecule has 0 spiro atoms. The molecule has 110 valence electrons. The molecule has 21 heavy (non-hydrogen) atoms. The number of nitrogens with zero attached hydrogens (tertiary/aromatic N) is 2. The molecule has 1 aliphatic rings. The molecule has 5 nitrogen and oxygen atoms in total. The summed E-state index contributed by atoms with van der Waals surface area (Å²) in [6.45, 7) is 1.93. The average molecular weight is 371 g/mol. The third kappa shape index (κ3) is 3.57. The third-order valence-corrected chi connectivity index (χ3v) is 3.79. The Labute approximate surface area is 135 Å². The van der Waals surface area contributed by atoms with Gasteiger partial charge in [0, 0.05) is 12.7 Å². The van der Waals surface area contributed by atoms with Crippen molar-refractivity contribution in [3.63, 3.8) is 0 Å². The molecule has 0 fully saturated rings. The van der Waals surface area contributed by atoms with E-state index >= 15 is 0 Å². The van der Waals surface area contributed by atoms with E-state index in [4.69, 9.17) is 21.1 Å². The maximum absolute atomic E-state index is 5.78. The summed E-state index contributed by atoms with van der Waals surface area (Å²) in [5, 5.41) is 3.45. The Kier molecular flexibility index (Phi) is 4.45. The Balaban J connectivity index is 1.61. The molecule has 1 aromatic heterocycles. The molecule has 1 aliphatic heterocycles. The molecule has 0 aliphatic carbocycles. The van der Waals surface area contributed by atoms with Crippen LogP contribution in [-0.4, -0.2) is 29.7 Å². The van der Waals surface area contributed by atoms with E-state index in [9.17, 15) is 0 Å². The van der Waals surface area contributed by atoms with Crippen molar-refractivity contribution in [1.82, 2.24) is 9.97 Å². The van der Waals surface area contributed by atoms with Crippen molar-refractivity contribution < 1.29 is 9.47 Å². The molecule has 2 aromatic rings. The molecule has 1 N–H and O–H groups in total. The molecule has 0 saturated carbocycles. The smallest absolute Gasteiger partial charge is 0.224 e. The Bertz CT molecular complexity index is 654. The predicted molar refractivity (Wildman–Crippen MR) is 84.4 cm³/mol. The minimum atomic E-state index is 0.222. The predicted octanol–water partition coefficient (Wildman–Crippen LogP) is 3.32. The second kappa shape index (κ2) is 6.49. The second-order valence-corrected chi connectivity index (χ2v) is 5.68. The molecule has 2 heterocycles. The van der Waals surface area contributed by atoms with Crippen LogP contribution in [0.3, 0.4) is 0 Å². The quantitative estimate of drug-likeness (QED) is 0.837. The van der Waals surface area contributed by atoms with E-state index in [0.29, 0.717) is 19.0 Å². The van der Waals surface area contributed by atoms with Crippen LogP contribution >= 0.6 is 27.5 Å². The van der Waals surface area contributed by atoms with Crippen molar-refractivity contribution in [2.24, 2.45) is 0 Å². The largest absolute Gasteiger partial charge is 0.486 e.